The zero-order chi connectivity index (χ0) is 18.6. The first-order chi connectivity index (χ1) is 13.2. The van der Waals surface area contributed by atoms with Crippen LogP contribution in [0, 0.1) is 6.92 Å². The molecule has 0 radical (unpaired) electrons. The van der Waals surface area contributed by atoms with E-state index < -0.39 is 0 Å². The molecule has 0 saturated carbocycles. The predicted molar refractivity (Wildman–Crippen MR) is 105 cm³/mol. The Labute approximate surface area is 162 Å². The fourth-order valence-electron chi connectivity index (χ4n) is 3.25. The molecule has 138 valence electrons. The number of benzene rings is 2. The van der Waals surface area contributed by atoms with Crippen LogP contribution in [-0.2, 0) is 4.79 Å². The molecular formula is C21H21N3O2S. The number of amides is 1. The summed E-state index contributed by atoms with van der Waals surface area (Å²) in [5.41, 5.74) is 2.08. The van der Waals surface area contributed by atoms with Crippen molar-refractivity contribution < 1.29 is 9.21 Å². The number of carbonyl (C=O) groups is 1. The average Bonchev–Trinajstić information content (AvgIpc) is 3.37. The molecule has 1 saturated heterocycles. The molecule has 6 heteroatoms. The molecule has 5 nitrogen and oxygen atoms in total. The van der Waals surface area contributed by atoms with Gasteiger partial charge in [0, 0.05) is 17.0 Å². The van der Waals surface area contributed by atoms with E-state index in [2.05, 4.69) is 10.2 Å². The number of aromatic nitrogens is 2. The Morgan fingerprint density at radius 3 is 2.70 bits per heavy atom. The van der Waals surface area contributed by atoms with Gasteiger partial charge in [-0.3, -0.25) is 4.79 Å². The van der Waals surface area contributed by atoms with Gasteiger partial charge in [-0.25, -0.2) is 0 Å². The van der Waals surface area contributed by atoms with Crippen molar-refractivity contribution in [2.24, 2.45) is 0 Å². The molecule has 1 aliphatic heterocycles. The number of thioether (sulfide) groups is 1. The monoisotopic (exact) mass is 379 g/mol. The Bertz CT molecular complexity index is 909. The first kappa shape index (κ1) is 17.8. The second-order valence-electron chi connectivity index (χ2n) is 6.66. The normalized spacial score (nSPS) is 16.6. The quantitative estimate of drug-likeness (QED) is 0.611. The molecular weight excluding hydrogens is 358 g/mol. The highest BCUT2D eigenvalue weighted by Gasteiger charge is 2.33. The van der Waals surface area contributed by atoms with Gasteiger partial charge in [0.05, 0.1) is 5.75 Å². The molecule has 2 aromatic carbocycles. The smallest absolute Gasteiger partial charge is 0.247 e. The van der Waals surface area contributed by atoms with Crippen LogP contribution in [-0.4, -0.2) is 33.3 Å². The molecule has 0 bridgehead atoms. The topological polar surface area (TPSA) is 59.2 Å². The minimum atomic E-state index is -0.124. The van der Waals surface area contributed by atoms with E-state index in [1.165, 1.54) is 5.56 Å². The molecule has 1 aromatic heterocycles. The SMILES string of the molecule is Cc1ccc(-c2nnc(C3CCCN3C(=O)CSc3ccccc3)o2)cc1. The highest BCUT2D eigenvalue weighted by molar-refractivity contribution is 8.00. The average molecular weight is 379 g/mol. The van der Waals surface area contributed by atoms with Gasteiger partial charge in [-0.2, -0.15) is 0 Å². The van der Waals surface area contributed by atoms with Crippen LogP contribution in [0.15, 0.2) is 63.9 Å². The standard InChI is InChI=1S/C21H21N3O2S/c1-15-9-11-16(12-10-15)20-22-23-21(26-20)18-8-5-13-24(18)19(25)14-27-17-6-3-2-4-7-17/h2-4,6-7,9-12,18H,5,8,13-14H2,1H3. The van der Waals surface area contributed by atoms with Gasteiger partial charge < -0.3 is 9.32 Å². The highest BCUT2D eigenvalue weighted by atomic mass is 32.2. The number of carbonyl (C=O) groups excluding carboxylic acids is 1. The van der Waals surface area contributed by atoms with Crippen LogP contribution in [0.4, 0.5) is 0 Å². The number of aryl methyl sites for hydroxylation is 1. The summed E-state index contributed by atoms with van der Waals surface area (Å²) in [4.78, 5) is 15.7. The summed E-state index contributed by atoms with van der Waals surface area (Å²) in [5, 5.41) is 8.42. The third-order valence-corrected chi connectivity index (χ3v) is 5.70. The van der Waals surface area contributed by atoms with Gasteiger partial charge in [0.15, 0.2) is 0 Å². The molecule has 1 atom stereocenters. The third kappa shape index (κ3) is 4.06. The van der Waals surface area contributed by atoms with Crippen molar-refractivity contribution in [3.63, 3.8) is 0 Å². The van der Waals surface area contributed by atoms with E-state index in [1.54, 1.807) is 11.8 Å². The largest absolute Gasteiger partial charge is 0.418 e. The molecule has 2 heterocycles. The van der Waals surface area contributed by atoms with Crippen LogP contribution >= 0.6 is 11.8 Å². The van der Waals surface area contributed by atoms with Crippen molar-refractivity contribution in [2.45, 2.75) is 30.7 Å². The fraction of sp³-hybridized carbons (Fsp3) is 0.286. The highest BCUT2D eigenvalue weighted by Crippen LogP contribution is 2.33. The Morgan fingerprint density at radius 2 is 1.93 bits per heavy atom. The van der Waals surface area contributed by atoms with E-state index in [1.807, 2.05) is 66.4 Å². The Kier molecular flexibility index (Phi) is 5.25. The van der Waals surface area contributed by atoms with Gasteiger partial charge >= 0.3 is 0 Å². The lowest BCUT2D eigenvalue weighted by molar-refractivity contribution is -0.129. The third-order valence-electron chi connectivity index (χ3n) is 4.70. The molecule has 27 heavy (non-hydrogen) atoms. The lowest BCUT2D eigenvalue weighted by Crippen LogP contribution is -2.32. The Hall–Kier alpha value is -2.60. The van der Waals surface area contributed by atoms with Crippen LogP contribution in [0.25, 0.3) is 11.5 Å². The zero-order valence-electron chi connectivity index (χ0n) is 15.2. The predicted octanol–water partition coefficient (Wildman–Crippen LogP) is 4.50. The van der Waals surface area contributed by atoms with Gasteiger partial charge in [0.2, 0.25) is 17.7 Å². The van der Waals surface area contributed by atoms with E-state index in [0.29, 0.717) is 17.5 Å². The van der Waals surface area contributed by atoms with Crippen molar-refractivity contribution in [1.29, 1.82) is 0 Å². The minimum Gasteiger partial charge on any atom is -0.418 e. The second kappa shape index (κ2) is 7.96. The first-order valence-corrected chi connectivity index (χ1v) is 10.1. The molecule has 1 unspecified atom stereocenters. The van der Waals surface area contributed by atoms with Crippen LogP contribution in [0.3, 0.4) is 0 Å². The van der Waals surface area contributed by atoms with E-state index in [9.17, 15) is 4.79 Å². The van der Waals surface area contributed by atoms with E-state index in [-0.39, 0.29) is 11.9 Å². The Morgan fingerprint density at radius 1 is 1.15 bits per heavy atom. The van der Waals surface area contributed by atoms with Gasteiger partial charge in [0.1, 0.15) is 6.04 Å². The number of likely N-dealkylation sites (tertiary alicyclic amines) is 1. The van der Waals surface area contributed by atoms with Crippen molar-refractivity contribution in [2.75, 3.05) is 12.3 Å². The summed E-state index contributed by atoms with van der Waals surface area (Å²) >= 11 is 1.56. The number of nitrogens with zero attached hydrogens (tertiary/aromatic N) is 3. The summed E-state index contributed by atoms with van der Waals surface area (Å²) < 4.78 is 5.91. The molecule has 0 spiro atoms. The number of hydrogen-bond acceptors (Lipinski definition) is 5. The Balaban J connectivity index is 1.45. The lowest BCUT2D eigenvalue weighted by Gasteiger charge is -2.21. The maximum absolute atomic E-state index is 12.7. The van der Waals surface area contributed by atoms with Gasteiger partial charge in [-0.15, -0.1) is 22.0 Å². The summed E-state index contributed by atoms with van der Waals surface area (Å²) in [7, 11) is 0. The number of hydrogen-bond donors (Lipinski definition) is 0. The van der Waals surface area contributed by atoms with Crippen LogP contribution in [0.1, 0.15) is 30.3 Å². The summed E-state index contributed by atoms with van der Waals surface area (Å²) in [6.45, 7) is 2.78. The van der Waals surface area contributed by atoms with Gasteiger partial charge in [-0.1, -0.05) is 35.9 Å². The van der Waals surface area contributed by atoms with Gasteiger partial charge in [-0.05, 0) is 44.0 Å². The fourth-order valence-corrected chi connectivity index (χ4v) is 4.05. The van der Waals surface area contributed by atoms with Gasteiger partial charge in [0.25, 0.3) is 0 Å². The molecule has 0 aliphatic carbocycles. The summed E-state index contributed by atoms with van der Waals surface area (Å²) in [6.07, 6.45) is 1.81. The van der Waals surface area contributed by atoms with E-state index >= 15 is 0 Å². The zero-order valence-corrected chi connectivity index (χ0v) is 16.0. The summed E-state index contributed by atoms with van der Waals surface area (Å²) in [6, 6.07) is 17.8. The van der Waals surface area contributed by atoms with Crippen LogP contribution in [0.2, 0.25) is 0 Å². The van der Waals surface area contributed by atoms with Crippen LogP contribution < -0.4 is 0 Å². The molecule has 1 aliphatic rings. The lowest BCUT2D eigenvalue weighted by atomic mass is 10.1. The summed E-state index contributed by atoms with van der Waals surface area (Å²) in [5.74, 6) is 1.56. The van der Waals surface area contributed by atoms with E-state index in [4.69, 9.17) is 4.42 Å². The maximum Gasteiger partial charge on any atom is 0.247 e. The van der Waals surface area contributed by atoms with E-state index in [0.717, 1.165) is 29.8 Å². The molecule has 0 N–H and O–H groups in total. The molecule has 4 rings (SSSR count). The molecule has 1 fully saturated rings. The van der Waals surface area contributed by atoms with Crippen molar-refractivity contribution in [3.05, 3.63) is 66.1 Å². The second-order valence-corrected chi connectivity index (χ2v) is 7.71. The van der Waals surface area contributed by atoms with Crippen molar-refractivity contribution in [1.82, 2.24) is 15.1 Å². The van der Waals surface area contributed by atoms with Crippen molar-refractivity contribution in [3.8, 4) is 11.5 Å². The van der Waals surface area contributed by atoms with Crippen LogP contribution in [0.5, 0.6) is 0 Å². The maximum atomic E-state index is 12.7. The molecule has 3 aromatic rings. The first-order valence-electron chi connectivity index (χ1n) is 9.08. The van der Waals surface area contributed by atoms with Crippen molar-refractivity contribution >= 4 is 17.7 Å². The number of rotatable bonds is 5. The molecule has 1 amide bonds. The minimum absolute atomic E-state index is 0.112.